The molecule has 3 aromatic rings. The molecule has 2 aromatic carbocycles. The summed E-state index contributed by atoms with van der Waals surface area (Å²) < 4.78 is 0. The second kappa shape index (κ2) is 10.3. The third-order valence-corrected chi connectivity index (χ3v) is 4.73. The van der Waals surface area contributed by atoms with Gasteiger partial charge in [-0.05, 0) is 24.3 Å². The molecule has 4 rings (SSSR count). The molecule has 0 aliphatic carbocycles. The highest BCUT2D eigenvalue weighted by Gasteiger charge is 2.21. The summed E-state index contributed by atoms with van der Waals surface area (Å²) in [6.45, 7) is 3.99. The van der Waals surface area contributed by atoms with Gasteiger partial charge in [0.2, 0.25) is 0 Å². The Hall–Kier alpha value is -2.34. The molecule has 1 aliphatic heterocycles. The normalized spacial score (nSPS) is 14.1. The third-order valence-electron chi connectivity index (χ3n) is 4.73. The summed E-state index contributed by atoms with van der Waals surface area (Å²) in [6, 6.07) is 22.0. The summed E-state index contributed by atoms with van der Waals surface area (Å²) >= 11 is 0. The average molecular weight is 419 g/mol. The molecule has 2 amide bonds. The number of anilines is 1. The maximum absolute atomic E-state index is 12.4. The number of pyridine rings is 1. The van der Waals surface area contributed by atoms with Crippen molar-refractivity contribution in [3.8, 4) is 0 Å². The largest absolute Gasteiger partial charge is 0.322 e. The van der Waals surface area contributed by atoms with Crippen LogP contribution in [0.15, 0.2) is 66.7 Å². The number of aromatic nitrogens is 1. The molecule has 0 spiro atoms. The highest BCUT2D eigenvalue weighted by Crippen LogP contribution is 2.14. The summed E-state index contributed by atoms with van der Waals surface area (Å²) in [5, 5.41) is 4.12. The van der Waals surface area contributed by atoms with E-state index in [0.29, 0.717) is 0 Å². The molecule has 0 radical (unpaired) electrons. The highest BCUT2D eigenvalue weighted by molar-refractivity contribution is 5.89. The van der Waals surface area contributed by atoms with Gasteiger partial charge in [0, 0.05) is 43.8 Å². The lowest BCUT2D eigenvalue weighted by atomic mass is 10.2. The van der Waals surface area contributed by atoms with Gasteiger partial charge in [-0.1, -0.05) is 42.5 Å². The lowest BCUT2D eigenvalue weighted by Gasteiger charge is -2.34. The minimum absolute atomic E-state index is 0. The van der Waals surface area contributed by atoms with Crippen LogP contribution in [0.5, 0.6) is 0 Å². The van der Waals surface area contributed by atoms with E-state index >= 15 is 0 Å². The first-order chi connectivity index (χ1) is 12.8. The first kappa shape index (κ1) is 22.0. The molecule has 0 bridgehead atoms. The maximum Gasteiger partial charge on any atom is 0.321 e. The summed E-state index contributed by atoms with van der Waals surface area (Å²) in [4.78, 5) is 21.3. The Labute approximate surface area is 177 Å². The zero-order valence-corrected chi connectivity index (χ0v) is 17.1. The molecule has 0 unspecified atom stereocenters. The molecular formula is C21H24Cl2N4O. The van der Waals surface area contributed by atoms with E-state index in [1.165, 1.54) is 5.39 Å². The predicted octanol–water partition coefficient (Wildman–Crippen LogP) is 4.43. The van der Waals surface area contributed by atoms with E-state index in [9.17, 15) is 4.79 Å². The van der Waals surface area contributed by atoms with Crippen LogP contribution in [0.2, 0.25) is 0 Å². The number of fused-ring (bicyclic) bond motifs is 1. The number of amides is 2. The van der Waals surface area contributed by atoms with Gasteiger partial charge in [0.05, 0.1) is 11.2 Å². The molecule has 0 saturated carbocycles. The molecule has 148 valence electrons. The molecule has 7 heteroatoms. The van der Waals surface area contributed by atoms with Gasteiger partial charge in [-0.25, -0.2) is 4.79 Å². The Balaban J connectivity index is 0.00000140. The monoisotopic (exact) mass is 418 g/mol. The number of carbonyl (C=O) groups excluding carboxylic acids is 1. The zero-order chi connectivity index (χ0) is 17.8. The first-order valence-electron chi connectivity index (χ1n) is 8.96. The topological polar surface area (TPSA) is 48.5 Å². The standard InChI is InChI=1S/C21H22N4O.2ClH/c26-21(23-18-7-2-1-3-8-18)25-14-12-24(13-15-25)16-19-11-10-17-6-4-5-9-20(17)22-19;;/h1-11H,12-16H2,(H,23,26);2*1H. The van der Waals surface area contributed by atoms with Crippen LogP contribution in [0.4, 0.5) is 10.5 Å². The number of benzene rings is 2. The van der Waals surface area contributed by atoms with Gasteiger partial charge < -0.3 is 10.2 Å². The Bertz CT molecular complexity index is 899. The van der Waals surface area contributed by atoms with Crippen LogP contribution in [-0.2, 0) is 6.54 Å². The Kier molecular flexibility index (Phi) is 8.05. The molecule has 1 aliphatic rings. The minimum Gasteiger partial charge on any atom is -0.322 e. The maximum atomic E-state index is 12.4. The smallest absolute Gasteiger partial charge is 0.321 e. The number of halogens is 2. The molecule has 1 saturated heterocycles. The summed E-state index contributed by atoms with van der Waals surface area (Å²) in [5.41, 5.74) is 2.94. The number of nitrogens with zero attached hydrogens (tertiary/aromatic N) is 3. The van der Waals surface area contributed by atoms with Crippen LogP contribution in [0.1, 0.15) is 5.69 Å². The second-order valence-corrected chi connectivity index (χ2v) is 6.55. The van der Waals surface area contributed by atoms with Crippen molar-refractivity contribution in [2.45, 2.75) is 6.54 Å². The lowest BCUT2D eigenvalue weighted by molar-refractivity contribution is 0.142. The summed E-state index contributed by atoms with van der Waals surface area (Å²) in [6.07, 6.45) is 0. The number of carbonyl (C=O) groups is 1. The third kappa shape index (κ3) is 5.35. The van der Waals surface area contributed by atoms with E-state index in [0.717, 1.165) is 49.6 Å². The molecule has 1 aromatic heterocycles. The van der Waals surface area contributed by atoms with Crippen molar-refractivity contribution >= 4 is 47.4 Å². The Morgan fingerprint density at radius 1 is 0.857 bits per heavy atom. The quantitative estimate of drug-likeness (QED) is 0.684. The number of hydrogen-bond donors (Lipinski definition) is 1. The molecule has 0 atom stereocenters. The van der Waals surface area contributed by atoms with E-state index < -0.39 is 0 Å². The second-order valence-electron chi connectivity index (χ2n) is 6.55. The zero-order valence-electron chi connectivity index (χ0n) is 15.5. The fourth-order valence-corrected chi connectivity index (χ4v) is 3.26. The van der Waals surface area contributed by atoms with E-state index in [2.05, 4.69) is 28.4 Å². The van der Waals surface area contributed by atoms with Crippen molar-refractivity contribution in [2.24, 2.45) is 0 Å². The van der Waals surface area contributed by atoms with Crippen LogP contribution < -0.4 is 5.32 Å². The summed E-state index contributed by atoms with van der Waals surface area (Å²) in [5.74, 6) is 0. The van der Waals surface area contributed by atoms with Gasteiger partial charge in [-0.15, -0.1) is 24.8 Å². The first-order valence-corrected chi connectivity index (χ1v) is 8.96. The molecule has 1 N–H and O–H groups in total. The van der Waals surface area contributed by atoms with Crippen LogP contribution in [0, 0.1) is 0 Å². The fourth-order valence-electron chi connectivity index (χ4n) is 3.26. The van der Waals surface area contributed by atoms with Gasteiger partial charge >= 0.3 is 6.03 Å². The lowest BCUT2D eigenvalue weighted by Crippen LogP contribution is -2.49. The fraction of sp³-hybridized carbons (Fsp3) is 0.238. The Morgan fingerprint density at radius 2 is 1.54 bits per heavy atom. The van der Waals surface area contributed by atoms with Crippen LogP contribution in [0.25, 0.3) is 10.9 Å². The number of urea groups is 1. The summed E-state index contributed by atoms with van der Waals surface area (Å²) in [7, 11) is 0. The Morgan fingerprint density at radius 3 is 2.29 bits per heavy atom. The molecule has 28 heavy (non-hydrogen) atoms. The molecule has 2 heterocycles. The molecule has 5 nitrogen and oxygen atoms in total. The number of piperazine rings is 1. The van der Waals surface area contributed by atoms with E-state index in [4.69, 9.17) is 4.98 Å². The van der Waals surface area contributed by atoms with Gasteiger partial charge in [0.15, 0.2) is 0 Å². The average Bonchev–Trinajstić information content (AvgIpc) is 2.69. The SMILES string of the molecule is Cl.Cl.O=C(Nc1ccccc1)N1CCN(Cc2ccc3ccccc3n2)CC1. The van der Waals surface area contributed by atoms with E-state index in [1.807, 2.05) is 53.4 Å². The van der Waals surface area contributed by atoms with Gasteiger partial charge in [-0.3, -0.25) is 9.88 Å². The van der Waals surface area contributed by atoms with E-state index in [1.54, 1.807) is 0 Å². The van der Waals surface area contributed by atoms with Crippen molar-refractivity contribution in [1.82, 2.24) is 14.8 Å². The van der Waals surface area contributed by atoms with Crippen LogP contribution in [-0.4, -0.2) is 47.0 Å². The van der Waals surface area contributed by atoms with Crippen LogP contribution >= 0.6 is 24.8 Å². The number of para-hydroxylation sites is 2. The van der Waals surface area contributed by atoms with Crippen molar-refractivity contribution in [3.63, 3.8) is 0 Å². The highest BCUT2D eigenvalue weighted by atomic mass is 35.5. The minimum atomic E-state index is -0.0281. The van der Waals surface area contributed by atoms with Crippen LogP contribution in [0.3, 0.4) is 0 Å². The van der Waals surface area contributed by atoms with Crippen molar-refractivity contribution < 1.29 is 4.79 Å². The van der Waals surface area contributed by atoms with Gasteiger partial charge in [0.1, 0.15) is 0 Å². The van der Waals surface area contributed by atoms with Crippen molar-refractivity contribution in [2.75, 3.05) is 31.5 Å². The number of nitrogens with one attached hydrogen (secondary N) is 1. The molecular weight excluding hydrogens is 395 g/mol. The number of hydrogen-bond acceptors (Lipinski definition) is 3. The van der Waals surface area contributed by atoms with Gasteiger partial charge in [-0.2, -0.15) is 0 Å². The number of rotatable bonds is 3. The van der Waals surface area contributed by atoms with E-state index in [-0.39, 0.29) is 30.8 Å². The van der Waals surface area contributed by atoms with Gasteiger partial charge in [0.25, 0.3) is 0 Å². The predicted molar refractivity (Wildman–Crippen MR) is 119 cm³/mol. The molecule has 1 fully saturated rings. The van der Waals surface area contributed by atoms with Crippen molar-refractivity contribution in [3.05, 3.63) is 72.4 Å². The van der Waals surface area contributed by atoms with Crippen molar-refractivity contribution in [1.29, 1.82) is 0 Å².